The van der Waals surface area contributed by atoms with E-state index in [0.717, 1.165) is 11.1 Å². The van der Waals surface area contributed by atoms with Crippen LogP contribution in [-0.2, 0) is 4.79 Å². The maximum atomic E-state index is 14.3. The van der Waals surface area contributed by atoms with E-state index >= 15 is 0 Å². The van der Waals surface area contributed by atoms with Gasteiger partial charge >= 0.3 is 0 Å². The molecule has 3 heterocycles. The highest BCUT2D eigenvalue weighted by atomic mass is 16.5. The first-order valence-electron chi connectivity index (χ1n) is 11.7. The van der Waals surface area contributed by atoms with Crippen LogP contribution >= 0.6 is 0 Å². The van der Waals surface area contributed by atoms with Gasteiger partial charge in [-0.3, -0.25) is 9.59 Å². The lowest BCUT2D eigenvalue weighted by atomic mass is 9.73. The number of nitrogens with zero attached hydrogens (tertiary/aromatic N) is 1. The van der Waals surface area contributed by atoms with Crippen molar-refractivity contribution in [1.82, 2.24) is 4.90 Å². The monoisotopic (exact) mass is 470 g/mol. The summed E-state index contributed by atoms with van der Waals surface area (Å²) in [4.78, 5) is 30.2. The minimum Gasteiger partial charge on any atom is -0.497 e. The first kappa shape index (κ1) is 21.5. The van der Waals surface area contributed by atoms with Crippen LogP contribution in [0.1, 0.15) is 40.4 Å². The first-order chi connectivity index (χ1) is 17.0. The lowest BCUT2D eigenvalue weighted by Crippen LogP contribution is -2.54. The number of carbonyl (C=O) groups excluding carboxylic acids is 2. The largest absolute Gasteiger partial charge is 0.497 e. The second-order valence-corrected chi connectivity index (χ2v) is 9.40. The van der Waals surface area contributed by atoms with Gasteiger partial charge in [0.05, 0.1) is 38.1 Å². The van der Waals surface area contributed by atoms with Gasteiger partial charge in [0.1, 0.15) is 22.8 Å². The number of amides is 2. The van der Waals surface area contributed by atoms with Crippen molar-refractivity contribution in [1.29, 1.82) is 0 Å². The summed E-state index contributed by atoms with van der Waals surface area (Å²) in [5, 5.41) is 3.05. The van der Waals surface area contributed by atoms with E-state index in [1.54, 1.807) is 37.3 Å². The lowest BCUT2D eigenvalue weighted by molar-refractivity contribution is -0.125. The summed E-state index contributed by atoms with van der Waals surface area (Å²) in [6, 6.07) is 20.4. The lowest BCUT2D eigenvalue weighted by Gasteiger charge is -2.38. The minimum atomic E-state index is -1.16. The summed E-state index contributed by atoms with van der Waals surface area (Å²) >= 11 is 0. The number of rotatable bonds is 3. The Labute approximate surface area is 203 Å². The third kappa shape index (κ3) is 2.97. The van der Waals surface area contributed by atoms with E-state index in [1.165, 1.54) is 0 Å². The van der Waals surface area contributed by atoms with Gasteiger partial charge in [-0.25, -0.2) is 0 Å². The van der Waals surface area contributed by atoms with Crippen LogP contribution in [0.3, 0.4) is 0 Å². The van der Waals surface area contributed by atoms with Gasteiger partial charge in [0.15, 0.2) is 0 Å². The maximum absolute atomic E-state index is 14.3. The molecule has 6 rings (SSSR count). The van der Waals surface area contributed by atoms with E-state index in [-0.39, 0.29) is 29.7 Å². The van der Waals surface area contributed by atoms with Crippen LogP contribution in [0, 0.1) is 5.92 Å². The molecule has 3 aromatic rings. The Balaban J connectivity index is 1.62. The summed E-state index contributed by atoms with van der Waals surface area (Å²) in [6.45, 7) is 2.26. The SMILES string of the molecule is COc1ccc2c(c1)C(=O)N1[C@H]3c4cc(OC)ccc4OC[C@@H]3[C@H](c3ccccc3)[C@]1(C)C(=O)N2. The van der Waals surface area contributed by atoms with Gasteiger partial charge in [-0.05, 0) is 48.9 Å². The molecule has 0 unspecified atom stereocenters. The van der Waals surface area contributed by atoms with Crippen molar-refractivity contribution in [2.24, 2.45) is 5.92 Å². The second-order valence-electron chi connectivity index (χ2n) is 9.40. The summed E-state index contributed by atoms with van der Waals surface area (Å²) in [5.74, 6) is 1.07. The van der Waals surface area contributed by atoms with Crippen molar-refractivity contribution < 1.29 is 23.8 Å². The van der Waals surface area contributed by atoms with Crippen LogP contribution in [0.15, 0.2) is 66.7 Å². The molecule has 1 N–H and O–H groups in total. The van der Waals surface area contributed by atoms with Crippen LogP contribution in [-0.4, -0.2) is 43.1 Å². The molecular formula is C28H26N2O5. The van der Waals surface area contributed by atoms with E-state index in [2.05, 4.69) is 5.32 Å². The first-order valence-corrected chi connectivity index (χ1v) is 11.7. The second kappa shape index (κ2) is 7.77. The number of methoxy groups -OCH3 is 2. The Morgan fingerprint density at radius 3 is 2.43 bits per heavy atom. The van der Waals surface area contributed by atoms with Crippen LogP contribution in [0.4, 0.5) is 5.69 Å². The molecule has 1 saturated heterocycles. The summed E-state index contributed by atoms with van der Waals surface area (Å²) in [6.07, 6.45) is 0. The topological polar surface area (TPSA) is 77.1 Å². The number of ether oxygens (including phenoxy) is 3. The number of fused-ring (bicyclic) bond motifs is 6. The molecule has 3 aliphatic rings. The zero-order chi connectivity index (χ0) is 24.3. The molecule has 3 aliphatic heterocycles. The van der Waals surface area contributed by atoms with Crippen LogP contribution in [0.5, 0.6) is 17.2 Å². The molecule has 0 radical (unpaired) electrons. The van der Waals surface area contributed by atoms with E-state index in [4.69, 9.17) is 14.2 Å². The fourth-order valence-electron chi connectivity index (χ4n) is 6.12. The predicted molar refractivity (Wildman–Crippen MR) is 130 cm³/mol. The quantitative estimate of drug-likeness (QED) is 0.614. The molecule has 0 spiro atoms. The van der Waals surface area contributed by atoms with Gasteiger partial charge in [0.25, 0.3) is 11.8 Å². The van der Waals surface area contributed by atoms with Crippen LogP contribution in [0.2, 0.25) is 0 Å². The van der Waals surface area contributed by atoms with Crippen molar-refractivity contribution in [3.63, 3.8) is 0 Å². The molecule has 0 aromatic heterocycles. The standard InChI is InChI=1S/C28H26N2O5/c1-28-24(16-7-5-4-6-8-16)21-15-35-23-12-10-18(34-3)14-20(23)25(21)30(28)26(31)19-13-17(33-2)9-11-22(19)29-27(28)32/h4-14,21,24-25H,15H2,1-3H3,(H,29,32)/t21-,24+,25+,28-/m1/s1. The number of nitrogens with one attached hydrogen (secondary N) is 1. The number of hydrogen-bond acceptors (Lipinski definition) is 5. The minimum absolute atomic E-state index is 0.135. The third-order valence-corrected chi connectivity index (χ3v) is 7.73. The molecule has 7 nitrogen and oxygen atoms in total. The van der Waals surface area contributed by atoms with Crippen molar-refractivity contribution in [3.8, 4) is 17.2 Å². The summed E-state index contributed by atoms with van der Waals surface area (Å²) < 4.78 is 17.1. The number of hydrogen-bond donors (Lipinski definition) is 1. The Hall–Kier alpha value is -4.00. The van der Waals surface area contributed by atoms with Gasteiger partial charge < -0.3 is 24.4 Å². The Morgan fingerprint density at radius 2 is 1.69 bits per heavy atom. The molecule has 4 atom stereocenters. The molecule has 0 saturated carbocycles. The summed E-state index contributed by atoms with van der Waals surface area (Å²) in [5.41, 5.74) is 1.57. The average molecular weight is 471 g/mol. The van der Waals surface area contributed by atoms with Crippen molar-refractivity contribution in [2.75, 3.05) is 26.1 Å². The maximum Gasteiger partial charge on any atom is 0.257 e. The molecule has 2 amide bonds. The molecule has 3 aromatic carbocycles. The predicted octanol–water partition coefficient (Wildman–Crippen LogP) is 4.40. The molecular weight excluding hydrogens is 444 g/mol. The van der Waals surface area contributed by atoms with Gasteiger partial charge in [-0.2, -0.15) is 0 Å². The van der Waals surface area contributed by atoms with Crippen molar-refractivity contribution >= 4 is 17.5 Å². The number of anilines is 1. The molecule has 1 fully saturated rings. The molecule has 35 heavy (non-hydrogen) atoms. The van der Waals surface area contributed by atoms with Gasteiger partial charge in [-0.1, -0.05) is 30.3 Å². The zero-order valence-electron chi connectivity index (χ0n) is 19.8. The van der Waals surface area contributed by atoms with E-state index < -0.39 is 5.54 Å². The summed E-state index contributed by atoms with van der Waals surface area (Å²) in [7, 11) is 3.17. The van der Waals surface area contributed by atoms with Gasteiger partial charge in [0, 0.05) is 17.4 Å². The van der Waals surface area contributed by atoms with Crippen LogP contribution < -0.4 is 19.5 Å². The highest BCUT2D eigenvalue weighted by molar-refractivity contribution is 6.13. The molecule has 178 valence electrons. The Bertz CT molecular complexity index is 1340. The zero-order valence-corrected chi connectivity index (χ0v) is 19.8. The normalized spacial score (nSPS) is 26.4. The Kier molecular flexibility index (Phi) is 4.78. The fraction of sp³-hybridized carbons (Fsp3) is 0.286. The number of carbonyl (C=O) groups is 2. The smallest absolute Gasteiger partial charge is 0.257 e. The van der Waals surface area contributed by atoms with E-state index in [9.17, 15) is 9.59 Å². The van der Waals surface area contributed by atoms with Crippen molar-refractivity contribution in [2.45, 2.75) is 24.4 Å². The average Bonchev–Trinajstić information content (AvgIpc) is 3.14. The highest BCUT2D eigenvalue weighted by Crippen LogP contribution is 2.60. The number of benzene rings is 3. The van der Waals surface area contributed by atoms with Crippen molar-refractivity contribution in [3.05, 3.63) is 83.4 Å². The van der Waals surface area contributed by atoms with Gasteiger partial charge in [-0.15, -0.1) is 0 Å². The fourth-order valence-corrected chi connectivity index (χ4v) is 6.12. The Morgan fingerprint density at radius 1 is 0.971 bits per heavy atom. The molecule has 7 heteroatoms. The third-order valence-electron chi connectivity index (χ3n) is 7.73. The molecule has 0 bridgehead atoms. The van der Waals surface area contributed by atoms with Gasteiger partial charge in [0.2, 0.25) is 0 Å². The molecule has 0 aliphatic carbocycles. The van der Waals surface area contributed by atoms with E-state index in [1.807, 2.05) is 55.5 Å². The highest BCUT2D eigenvalue weighted by Gasteiger charge is 2.65. The van der Waals surface area contributed by atoms with E-state index in [0.29, 0.717) is 35.1 Å². The van der Waals surface area contributed by atoms with Crippen LogP contribution in [0.25, 0.3) is 0 Å².